The van der Waals surface area contributed by atoms with Gasteiger partial charge in [0.05, 0.1) is 0 Å². The monoisotopic (exact) mass is 196 g/mol. The lowest BCUT2D eigenvalue weighted by Gasteiger charge is -2.26. The Hall–Kier alpha value is -1.96. The molecule has 0 spiro atoms. The smallest absolute Gasteiger partial charge is 0.117 e. The molecule has 1 aromatic carbocycles. The van der Waals surface area contributed by atoms with Gasteiger partial charge >= 0.3 is 0 Å². The standard InChI is InChI=1S/C13H12N2/c1-2-6-12(7-3-1)15-11-5-10-14-9-4-8-13(14)15/h1-10H,11H2. The first kappa shape index (κ1) is 8.36. The number of hydrogen-bond donors (Lipinski definition) is 0. The number of anilines is 2. The minimum atomic E-state index is 0.939. The summed E-state index contributed by atoms with van der Waals surface area (Å²) in [5.41, 5.74) is 1.24. The predicted molar refractivity (Wildman–Crippen MR) is 63.2 cm³/mol. The normalized spacial score (nSPS) is 14.0. The fourth-order valence-corrected chi connectivity index (χ4v) is 1.94. The largest absolute Gasteiger partial charge is 0.324 e. The molecule has 1 aromatic heterocycles. The molecule has 0 fully saturated rings. The summed E-state index contributed by atoms with van der Waals surface area (Å²) in [7, 11) is 0. The van der Waals surface area contributed by atoms with Gasteiger partial charge in [0.25, 0.3) is 0 Å². The molecule has 0 radical (unpaired) electrons. The second-order valence-corrected chi connectivity index (χ2v) is 3.60. The summed E-state index contributed by atoms with van der Waals surface area (Å²) in [6.45, 7) is 0.939. The van der Waals surface area contributed by atoms with Crippen molar-refractivity contribution in [2.24, 2.45) is 0 Å². The van der Waals surface area contributed by atoms with Crippen LogP contribution in [-0.2, 0) is 0 Å². The predicted octanol–water partition coefficient (Wildman–Crippen LogP) is 3.11. The van der Waals surface area contributed by atoms with E-state index in [-0.39, 0.29) is 0 Å². The Morgan fingerprint density at radius 3 is 2.67 bits per heavy atom. The van der Waals surface area contributed by atoms with Crippen LogP contribution in [0.1, 0.15) is 0 Å². The molecule has 2 heteroatoms. The van der Waals surface area contributed by atoms with Crippen LogP contribution >= 0.6 is 0 Å². The van der Waals surface area contributed by atoms with E-state index in [4.69, 9.17) is 0 Å². The number of aromatic nitrogens is 1. The molecule has 1 aliphatic heterocycles. The highest BCUT2D eigenvalue weighted by atomic mass is 15.2. The van der Waals surface area contributed by atoms with Gasteiger partial charge in [-0.3, -0.25) is 0 Å². The van der Waals surface area contributed by atoms with Gasteiger partial charge in [0.1, 0.15) is 5.82 Å². The molecule has 2 nitrogen and oxygen atoms in total. The first-order chi connectivity index (χ1) is 7.45. The van der Waals surface area contributed by atoms with E-state index in [1.807, 2.05) is 6.07 Å². The fourth-order valence-electron chi connectivity index (χ4n) is 1.94. The summed E-state index contributed by atoms with van der Waals surface area (Å²) in [5.74, 6) is 1.23. The first-order valence-corrected chi connectivity index (χ1v) is 5.11. The molecule has 3 rings (SSSR count). The van der Waals surface area contributed by atoms with E-state index in [2.05, 4.69) is 64.3 Å². The molecule has 0 N–H and O–H groups in total. The van der Waals surface area contributed by atoms with Crippen LogP contribution in [0, 0.1) is 0 Å². The van der Waals surface area contributed by atoms with Gasteiger partial charge in [0.2, 0.25) is 0 Å². The first-order valence-electron chi connectivity index (χ1n) is 5.11. The van der Waals surface area contributed by atoms with Crippen LogP contribution < -0.4 is 4.90 Å². The van der Waals surface area contributed by atoms with Crippen LogP contribution in [0.3, 0.4) is 0 Å². The average molecular weight is 196 g/mol. The summed E-state index contributed by atoms with van der Waals surface area (Å²) in [5, 5.41) is 0. The maximum absolute atomic E-state index is 2.29. The Balaban J connectivity index is 2.07. The lowest BCUT2D eigenvalue weighted by molar-refractivity contribution is 0.978. The van der Waals surface area contributed by atoms with E-state index >= 15 is 0 Å². The third-order valence-electron chi connectivity index (χ3n) is 2.65. The number of benzene rings is 1. The summed E-state index contributed by atoms with van der Waals surface area (Å²) in [6, 6.07) is 14.7. The minimum Gasteiger partial charge on any atom is -0.324 e. The molecular weight excluding hydrogens is 184 g/mol. The van der Waals surface area contributed by atoms with Gasteiger partial charge in [-0.25, -0.2) is 0 Å². The molecule has 0 atom stereocenters. The highest BCUT2D eigenvalue weighted by Gasteiger charge is 2.13. The molecule has 74 valence electrons. The molecule has 2 aromatic rings. The van der Waals surface area contributed by atoms with Crippen molar-refractivity contribution in [1.82, 2.24) is 4.57 Å². The fraction of sp³-hybridized carbons (Fsp3) is 0.0769. The van der Waals surface area contributed by atoms with Gasteiger partial charge in [-0.1, -0.05) is 18.2 Å². The summed E-state index contributed by atoms with van der Waals surface area (Å²) in [4.78, 5) is 2.29. The van der Waals surface area contributed by atoms with Gasteiger partial charge in [0, 0.05) is 24.6 Å². The second kappa shape index (κ2) is 3.31. The molecule has 0 saturated heterocycles. The second-order valence-electron chi connectivity index (χ2n) is 3.60. The van der Waals surface area contributed by atoms with Crippen molar-refractivity contribution >= 4 is 17.7 Å². The van der Waals surface area contributed by atoms with Crippen molar-refractivity contribution in [3.63, 3.8) is 0 Å². The van der Waals surface area contributed by atoms with Crippen molar-refractivity contribution in [2.45, 2.75) is 0 Å². The number of hydrogen-bond acceptors (Lipinski definition) is 1. The van der Waals surface area contributed by atoms with Crippen molar-refractivity contribution < 1.29 is 0 Å². The van der Waals surface area contributed by atoms with Crippen LogP contribution in [0.25, 0.3) is 6.20 Å². The van der Waals surface area contributed by atoms with Gasteiger partial charge in [-0.05, 0) is 30.3 Å². The van der Waals surface area contributed by atoms with Crippen molar-refractivity contribution in [3.05, 3.63) is 54.7 Å². The van der Waals surface area contributed by atoms with Gasteiger partial charge in [-0.2, -0.15) is 0 Å². The third kappa shape index (κ3) is 1.34. The number of fused-ring (bicyclic) bond motifs is 1. The molecule has 1 aliphatic rings. The Morgan fingerprint density at radius 2 is 1.80 bits per heavy atom. The van der Waals surface area contributed by atoms with Crippen LogP contribution in [0.4, 0.5) is 11.5 Å². The van der Waals surface area contributed by atoms with Crippen molar-refractivity contribution in [1.29, 1.82) is 0 Å². The van der Waals surface area contributed by atoms with Gasteiger partial charge in [0.15, 0.2) is 0 Å². The quantitative estimate of drug-likeness (QED) is 0.680. The maximum Gasteiger partial charge on any atom is 0.117 e. The zero-order chi connectivity index (χ0) is 10.1. The highest BCUT2D eigenvalue weighted by Crippen LogP contribution is 2.27. The van der Waals surface area contributed by atoms with Crippen LogP contribution in [0.2, 0.25) is 0 Å². The Morgan fingerprint density at radius 1 is 0.933 bits per heavy atom. The summed E-state index contributed by atoms with van der Waals surface area (Å²) < 4.78 is 2.14. The van der Waals surface area contributed by atoms with Crippen molar-refractivity contribution in [3.8, 4) is 0 Å². The van der Waals surface area contributed by atoms with Gasteiger partial charge < -0.3 is 9.47 Å². The SMILES string of the molecule is C1=Cn2cccc2N(c2ccccc2)C1. The van der Waals surface area contributed by atoms with E-state index < -0.39 is 0 Å². The van der Waals surface area contributed by atoms with E-state index in [1.165, 1.54) is 11.5 Å². The summed E-state index contributed by atoms with van der Waals surface area (Å²) >= 11 is 0. The Bertz CT molecular complexity index is 482. The van der Waals surface area contributed by atoms with E-state index in [9.17, 15) is 0 Å². The van der Waals surface area contributed by atoms with Gasteiger partial charge in [-0.15, -0.1) is 0 Å². The maximum atomic E-state index is 2.29. The molecule has 0 unspecified atom stereocenters. The minimum absolute atomic E-state index is 0.939. The lowest BCUT2D eigenvalue weighted by atomic mass is 10.2. The number of rotatable bonds is 1. The Kier molecular flexibility index (Phi) is 1.85. The Labute approximate surface area is 89.1 Å². The molecular formula is C13H12N2. The van der Waals surface area contributed by atoms with Crippen LogP contribution in [-0.4, -0.2) is 11.1 Å². The number of nitrogens with zero attached hydrogens (tertiary/aromatic N) is 2. The zero-order valence-corrected chi connectivity index (χ0v) is 8.38. The average Bonchev–Trinajstić information content (AvgIpc) is 2.78. The molecule has 0 saturated carbocycles. The van der Waals surface area contributed by atoms with E-state index in [0.29, 0.717) is 0 Å². The topological polar surface area (TPSA) is 8.17 Å². The van der Waals surface area contributed by atoms with Crippen LogP contribution in [0.15, 0.2) is 54.7 Å². The van der Waals surface area contributed by atoms with Crippen molar-refractivity contribution in [2.75, 3.05) is 11.4 Å². The molecule has 0 amide bonds. The molecule has 2 heterocycles. The lowest BCUT2D eigenvalue weighted by Crippen LogP contribution is -2.21. The highest BCUT2D eigenvalue weighted by molar-refractivity contribution is 5.65. The van der Waals surface area contributed by atoms with Crippen LogP contribution in [0.5, 0.6) is 0 Å². The molecule has 0 aliphatic carbocycles. The summed E-state index contributed by atoms with van der Waals surface area (Å²) in [6.07, 6.45) is 6.34. The molecule has 15 heavy (non-hydrogen) atoms. The van der Waals surface area contributed by atoms with E-state index in [1.54, 1.807) is 0 Å². The zero-order valence-electron chi connectivity index (χ0n) is 8.38. The molecule has 0 bridgehead atoms. The third-order valence-corrected chi connectivity index (χ3v) is 2.65. The number of para-hydroxylation sites is 1. The van der Waals surface area contributed by atoms with E-state index in [0.717, 1.165) is 6.54 Å².